The number of fused-ring (bicyclic) bond motifs is 3. The third-order valence-corrected chi connectivity index (χ3v) is 5.25. The molecule has 33 heavy (non-hydrogen) atoms. The second-order valence-corrected chi connectivity index (χ2v) is 8.98. The van der Waals surface area contributed by atoms with Crippen molar-refractivity contribution in [2.45, 2.75) is 51.2 Å². The van der Waals surface area contributed by atoms with Crippen LogP contribution in [0.25, 0.3) is 11.1 Å². The van der Waals surface area contributed by atoms with Gasteiger partial charge in [-0.05, 0) is 49.4 Å². The van der Waals surface area contributed by atoms with Crippen LogP contribution in [0, 0.1) is 0 Å². The minimum Gasteiger partial charge on any atom is -0.481 e. The Morgan fingerprint density at radius 2 is 1.55 bits per heavy atom. The number of hydrogen-bond acceptors (Lipinski definition) is 5. The summed E-state index contributed by atoms with van der Waals surface area (Å²) in [7, 11) is 0. The fourth-order valence-electron chi connectivity index (χ4n) is 3.91. The molecule has 2 amide bonds. The van der Waals surface area contributed by atoms with Crippen molar-refractivity contribution in [2.75, 3.05) is 13.2 Å². The number of carboxylic acids is 1. The Kier molecular flexibility index (Phi) is 7.58. The van der Waals surface area contributed by atoms with Crippen LogP contribution in [0.2, 0.25) is 0 Å². The molecule has 0 saturated heterocycles. The highest BCUT2D eigenvalue weighted by Gasteiger charge is 2.29. The first-order chi connectivity index (χ1) is 15.6. The van der Waals surface area contributed by atoms with Gasteiger partial charge in [-0.3, -0.25) is 4.79 Å². The highest BCUT2D eigenvalue weighted by Crippen LogP contribution is 2.44. The van der Waals surface area contributed by atoms with Crippen LogP contribution in [-0.2, 0) is 14.3 Å². The molecule has 0 bridgehead atoms. The third kappa shape index (κ3) is 6.71. The Hall–Kier alpha value is -3.55. The summed E-state index contributed by atoms with van der Waals surface area (Å²) < 4.78 is 10.6. The highest BCUT2D eigenvalue weighted by molar-refractivity contribution is 5.79. The molecule has 2 aromatic rings. The average molecular weight is 455 g/mol. The predicted octanol–water partition coefficient (Wildman–Crippen LogP) is 4.28. The molecule has 8 heteroatoms. The number of amides is 2. The standard InChI is InChI=1S/C25H30N2O6/c1-25(2,3)33-24(31)27-16(14-22(28)29)12-13-26-23(30)32-15-21-19-10-6-4-8-17(19)18-9-5-7-11-20(18)21/h4-11,16,21H,12-15H2,1-3H3,(H,26,30)(H,27,31)(H,28,29)/t16-/m1/s1. The first-order valence-electron chi connectivity index (χ1n) is 10.9. The van der Waals surface area contributed by atoms with Crippen molar-refractivity contribution in [3.63, 3.8) is 0 Å². The molecule has 0 aliphatic heterocycles. The van der Waals surface area contributed by atoms with Crippen molar-refractivity contribution in [3.8, 4) is 11.1 Å². The van der Waals surface area contributed by atoms with E-state index in [1.807, 2.05) is 36.4 Å². The summed E-state index contributed by atoms with van der Waals surface area (Å²) in [5, 5.41) is 14.3. The number of nitrogens with one attached hydrogen (secondary N) is 2. The van der Waals surface area contributed by atoms with Crippen LogP contribution in [-0.4, -0.2) is 48.1 Å². The van der Waals surface area contributed by atoms with E-state index in [0.717, 1.165) is 22.3 Å². The Labute approximate surface area is 193 Å². The smallest absolute Gasteiger partial charge is 0.407 e. The molecule has 0 heterocycles. The first-order valence-corrected chi connectivity index (χ1v) is 10.9. The molecule has 1 atom stereocenters. The van der Waals surface area contributed by atoms with Crippen LogP contribution < -0.4 is 10.6 Å². The number of carbonyl (C=O) groups is 3. The Bertz CT molecular complexity index is 968. The third-order valence-electron chi connectivity index (χ3n) is 5.25. The van der Waals surface area contributed by atoms with Gasteiger partial charge in [-0.25, -0.2) is 9.59 Å². The number of benzene rings is 2. The summed E-state index contributed by atoms with van der Waals surface area (Å²) in [5.74, 6) is -1.10. The van der Waals surface area contributed by atoms with E-state index < -0.39 is 29.8 Å². The predicted molar refractivity (Wildman–Crippen MR) is 123 cm³/mol. The zero-order valence-corrected chi connectivity index (χ0v) is 19.1. The minimum atomic E-state index is -1.06. The van der Waals surface area contributed by atoms with Gasteiger partial charge in [0.1, 0.15) is 12.2 Å². The SMILES string of the molecule is CC(C)(C)OC(=O)N[C@H](CCNC(=O)OCC1c2ccccc2-c2ccccc21)CC(=O)O. The number of alkyl carbamates (subject to hydrolysis) is 2. The van der Waals surface area contributed by atoms with Gasteiger partial charge >= 0.3 is 18.2 Å². The van der Waals surface area contributed by atoms with Crippen LogP contribution in [0.15, 0.2) is 48.5 Å². The molecule has 3 N–H and O–H groups in total. The van der Waals surface area contributed by atoms with E-state index >= 15 is 0 Å². The van der Waals surface area contributed by atoms with Gasteiger partial charge < -0.3 is 25.2 Å². The van der Waals surface area contributed by atoms with Gasteiger partial charge in [0.15, 0.2) is 0 Å². The highest BCUT2D eigenvalue weighted by atomic mass is 16.6. The number of carboxylic acid groups (broad SMARTS) is 1. The molecule has 0 unspecified atom stereocenters. The van der Waals surface area contributed by atoms with Crippen LogP contribution in [0.4, 0.5) is 9.59 Å². The molecule has 0 radical (unpaired) electrons. The Balaban J connectivity index is 1.50. The normalized spacial score (nSPS) is 13.4. The molecule has 0 saturated carbocycles. The number of hydrogen-bond donors (Lipinski definition) is 3. The van der Waals surface area contributed by atoms with Gasteiger partial charge in [0.25, 0.3) is 0 Å². The quantitative estimate of drug-likeness (QED) is 0.549. The maximum Gasteiger partial charge on any atom is 0.407 e. The van der Waals surface area contributed by atoms with Gasteiger partial charge in [-0.2, -0.15) is 0 Å². The van der Waals surface area contributed by atoms with Crippen LogP contribution >= 0.6 is 0 Å². The second-order valence-electron chi connectivity index (χ2n) is 8.98. The van der Waals surface area contributed by atoms with E-state index in [1.165, 1.54) is 0 Å². The molecule has 176 valence electrons. The second kappa shape index (κ2) is 10.4. The fraction of sp³-hybridized carbons (Fsp3) is 0.400. The summed E-state index contributed by atoms with van der Waals surface area (Å²) >= 11 is 0. The van der Waals surface area contributed by atoms with Crippen molar-refractivity contribution in [1.29, 1.82) is 0 Å². The van der Waals surface area contributed by atoms with E-state index in [4.69, 9.17) is 14.6 Å². The van der Waals surface area contributed by atoms with Crippen LogP contribution in [0.3, 0.4) is 0 Å². The number of ether oxygens (including phenoxy) is 2. The van der Waals surface area contributed by atoms with Crippen molar-refractivity contribution in [3.05, 3.63) is 59.7 Å². The van der Waals surface area contributed by atoms with Gasteiger partial charge in [-0.1, -0.05) is 48.5 Å². The van der Waals surface area contributed by atoms with Crippen molar-refractivity contribution in [1.82, 2.24) is 10.6 Å². The molecule has 2 aromatic carbocycles. The van der Waals surface area contributed by atoms with Crippen molar-refractivity contribution in [2.24, 2.45) is 0 Å². The van der Waals surface area contributed by atoms with Gasteiger partial charge in [-0.15, -0.1) is 0 Å². The molecule has 0 fully saturated rings. The summed E-state index contributed by atoms with van der Waals surface area (Å²) in [6, 6.07) is 15.4. The minimum absolute atomic E-state index is 0.0447. The molecule has 0 aromatic heterocycles. The molecule has 1 aliphatic rings. The number of carbonyl (C=O) groups excluding carboxylic acids is 2. The molecule has 0 spiro atoms. The first kappa shape index (κ1) is 24.1. The molecular formula is C25H30N2O6. The van der Waals surface area contributed by atoms with Crippen molar-refractivity contribution >= 4 is 18.2 Å². The lowest BCUT2D eigenvalue weighted by Gasteiger charge is -2.23. The largest absolute Gasteiger partial charge is 0.481 e. The lowest BCUT2D eigenvalue weighted by Crippen LogP contribution is -2.42. The number of aliphatic carboxylic acids is 1. The zero-order chi connectivity index (χ0) is 24.0. The average Bonchev–Trinajstić information content (AvgIpc) is 3.04. The molecule has 8 nitrogen and oxygen atoms in total. The van der Waals surface area contributed by atoms with Crippen molar-refractivity contribution < 1.29 is 29.0 Å². The monoisotopic (exact) mass is 454 g/mol. The molecular weight excluding hydrogens is 424 g/mol. The molecule has 3 rings (SSSR count). The summed E-state index contributed by atoms with van der Waals surface area (Å²) in [4.78, 5) is 35.4. The summed E-state index contributed by atoms with van der Waals surface area (Å²) in [6.07, 6.45) is -1.36. The Morgan fingerprint density at radius 1 is 0.970 bits per heavy atom. The van der Waals surface area contributed by atoms with Gasteiger partial charge in [0.05, 0.1) is 6.42 Å². The van der Waals surface area contributed by atoms with E-state index in [-0.39, 0.29) is 31.9 Å². The topological polar surface area (TPSA) is 114 Å². The molecule has 1 aliphatic carbocycles. The fourth-order valence-corrected chi connectivity index (χ4v) is 3.91. The van der Waals surface area contributed by atoms with Crippen LogP contribution in [0.1, 0.15) is 50.7 Å². The summed E-state index contributed by atoms with van der Waals surface area (Å²) in [5.41, 5.74) is 3.83. The lowest BCUT2D eigenvalue weighted by molar-refractivity contribution is -0.137. The summed E-state index contributed by atoms with van der Waals surface area (Å²) in [6.45, 7) is 5.49. The van der Waals surface area contributed by atoms with Gasteiger partial charge in [0.2, 0.25) is 0 Å². The van der Waals surface area contributed by atoms with E-state index in [1.54, 1.807) is 20.8 Å². The zero-order valence-electron chi connectivity index (χ0n) is 19.1. The van der Waals surface area contributed by atoms with Crippen LogP contribution in [0.5, 0.6) is 0 Å². The van der Waals surface area contributed by atoms with Gasteiger partial charge in [0, 0.05) is 18.5 Å². The van der Waals surface area contributed by atoms with E-state index in [2.05, 4.69) is 22.8 Å². The maximum atomic E-state index is 12.3. The Morgan fingerprint density at radius 3 is 2.09 bits per heavy atom. The van der Waals surface area contributed by atoms with E-state index in [9.17, 15) is 14.4 Å². The number of rotatable bonds is 8. The maximum absolute atomic E-state index is 12.3. The lowest BCUT2D eigenvalue weighted by atomic mass is 9.98. The van der Waals surface area contributed by atoms with E-state index in [0.29, 0.717) is 0 Å².